The molecule has 33 heavy (non-hydrogen) atoms. The number of halogens is 1. The largest absolute Gasteiger partial charge is 0.467 e. The van der Waals surface area contributed by atoms with Gasteiger partial charge in [0.25, 0.3) is 15.9 Å². The Morgan fingerprint density at radius 1 is 1.15 bits per heavy atom. The second-order valence-electron chi connectivity index (χ2n) is 9.53. The van der Waals surface area contributed by atoms with Gasteiger partial charge in [0.1, 0.15) is 16.5 Å². The van der Waals surface area contributed by atoms with Crippen molar-refractivity contribution in [1.82, 2.24) is 9.62 Å². The van der Waals surface area contributed by atoms with Crippen LogP contribution in [0.1, 0.15) is 52.7 Å². The van der Waals surface area contributed by atoms with Gasteiger partial charge in [-0.25, -0.2) is 22.3 Å². The average Bonchev–Trinajstić information content (AvgIpc) is 2.87. The Morgan fingerprint density at radius 3 is 2.21 bits per heavy atom. The maximum atomic E-state index is 13.0. The summed E-state index contributed by atoms with van der Waals surface area (Å²) in [5, 5.41) is 2.49. The number of nitrogens with one attached hydrogen (secondary N) is 1. The van der Waals surface area contributed by atoms with Crippen LogP contribution in [0.15, 0.2) is 28.7 Å². The molecule has 1 N–H and O–H groups in total. The summed E-state index contributed by atoms with van der Waals surface area (Å²) in [5.74, 6) is -1.27. The third-order valence-corrected chi connectivity index (χ3v) is 7.26. The highest BCUT2D eigenvalue weighted by Gasteiger charge is 2.44. The number of esters is 1. The molecule has 1 aromatic rings. The van der Waals surface area contributed by atoms with Crippen LogP contribution in [0.2, 0.25) is 0 Å². The van der Waals surface area contributed by atoms with E-state index in [1.165, 1.54) is 7.11 Å². The molecule has 1 aliphatic rings. The second-order valence-corrected chi connectivity index (χ2v) is 12.1. The van der Waals surface area contributed by atoms with Crippen LogP contribution in [-0.4, -0.2) is 55.0 Å². The van der Waals surface area contributed by atoms with Crippen molar-refractivity contribution in [3.8, 4) is 0 Å². The molecule has 1 aromatic carbocycles. The average molecular weight is 545 g/mol. The number of methoxy groups -OCH3 is 1. The molecule has 2 rings (SSSR count). The van der Waals surface area contributed by atoms with Gasteiger partial charge in [0.15, 0.2) is 0 Å². The lowest BCUT2D eigenvalue weighted by molar-refractivity contribution is -0.143. The van der Waals surface area contributed by atoms with E-state index in [-0.39, 0.29) is 11.3 Å². The van der Waals surface area contributed by atoms with Crippen molar-refractivity contribution < 1.29 is 32.3 Å². The van der Waals surface area contributed by atoms with Crippen molar-refractivity contribution in [3.05, 3.63) is 39.9 Å². The lowest BCUT2D eigenvalue weighted by Gasteiger charge is -2.30. The summed E-state index contributed by atoms with van der Waals surface area (Å²) in [6, 6.07) is 3.77. The Kier molecular flexibility index (Phi) is 7.69. The summed E-state index contributed by atoms with van der Waals surface area (Å²) in [5.41, 5.74) is -0.726. The van der Waals surface area contributed by atoms with E-state index >= 15 is 0 Å². The highest BCUT2D eigenvalue weighted by Crippen LogP contribution is 2.38. The molecule has 0 saturated heterocycles. The first kappa shape index (κ1) is 26.8. The zero-order valence-corrected chi connectivity index (χ0v) is 22.1. The topological polar surface area (TPSA) is 119 Å². The van der Waals surface area contributed by atoms with Crippen LogP contribution in [0.5, 0.6) is 0 Å². The molecular weight excluding hydrogens is 516 g/mol. The molecule has 1 atom stereocenters. The van der Waals surface area contributed by atoms with Crippen molar-refractivity contribution in [2.45, 2.75) is 65.1 Å². The van der Waals surface area contributed by atoms with Gasteiger partial charge in [0.05, 0.1) is 12.6 Å². The monoisotopic (exact) mass is 544 g/mol. The first-order chi connectivity index (χ1) is 15.0. The molecule has 182 valence electrons. The summed E-state index contributed by atoms with van der Waals surface area (Å²) in [6.45, 7) is 10.0. The zero-order chi connectivity index (χ0) is 25.4. The Bertz CT molecular complexity index is 1100. The van der Waals surface area contributed by atoms with Crippen LogP contribution >= 0.6 is 15.9 Å². The second kappa shape index (κ2) is 9.46. The van der Waals surface area contributed by atoms with E-state index < -0.39 is 45.2 Å². The molecular formula is C22H29BrN2O7S. The van der Waals surface area contributed by atoms with Crippen LogP contribution in [0.25, 0.3) is 4.91 Å². The summed E-state index contributed by atoms with van der Waals surface area (Å²) in [6.07, 6.45) is 0.405. The van der Waals surface area contributed by atoms with Crippen LogP contribution in [0.3, 0.4) is 0 Å². The number of ether oxygens (including phenoxy) is 2. The maximum Gasteiger partial charge on any atom is 0.408 e. The van der Waals surface area contributed by atoms with E-state index in [1.54, 1.807) is 59.7 Å². The summed E-state index contributed by atoms with van der Waals surface area (Å²) in [7, 11) is -2.82. The highest BCUT2D eigenvalue weighted by molar-refractivity contribution is 9.10. The minimum atomic E-state index is -4.03. The Labute approximate surface area is 202 Å². The van der Waals surface area contributed by atoms with E-state index in [2.05, 4.69) is 21.2 Å². The number of carbonyl (C=O) groups excluding carboxylic acids is 3. The Morgan fingerprint density at radius 2 is 1.76 bits per heavy atom. The van der Waals surface area contributed by atoms with Gasteiger partial charge < -0.3 is 14.8 Å². The van der Waals surface area contributed by atoms with Gasteiger partial charge in [-0.1, -0.05) is 28.1 Å². The van der Waals surface area contributed by atoms with Crippen LogP contribution in [-0.2, 0) is 35.5 Å². The van der Waals surface area contributed by atoms with E-state index in [9.17, 15) is 22.8 Å². The van der Waals surface area contributed by atoms with Gasteiger partial charge in [-0.2, -0.15) is 0 Å². The molecule has 1 heterocycles. The van der Waals surface area contributed by atoms with E-state index in [4.69, 9.17) is 9.47 Å². The lowest BCUT2D eigenvalue weighted by Crippen LogP contribution is -2.45. The normalized spacial score (nSPS) is 16.8. The lowest BCUT2D eigenvalue weighted by atomic mass is 10.0. The van der Waals surface area contributed by atoms with Gasteiger partial charge in [-0.3, -0.25) is 4.79 Å². The van der Waals surface area contributed by atoms with Crippen molar-refractivity contribution in [2.24, 2.45) is 0 Å². The molecule has 9 nitrogen and oxygen atoms in total. The van der Waals surface area contributed by atoms with Gasteiger partial charge in [-0.05, 0) is 53.2 Å². The van der Waals surface area contributed by atoms with Crippen molar-refractivity contribution in [2.75, 3.05) is 7.11 Å². The minimum Gasteiger partial charge on any atom is -0.467 e. The number of carbonyl (C=O) groups is 3. The fraction of sp³-hybridized carbons (Fsp3) is 0.500. The molecule has 0 saturated carbocycles. The zero-order valence-electron chi connectivity index (χ0n) is 19.7. The molecule has 0 aromatic heterocycles. The Balaban J connectivity index is 2.31. The number of benzene rings is 1. The molecule has 0 bridgehead atoms. The SMILES string of the molecule is COC(=O)[C@H](Cc1ccc(C2=CC(=O)N(C(C)(C)C)S2(=O)=O)c(Br)c1)NC(=O)OC(C)(C)C. The van der Waals surface area contributed by atoms with Gasteiger partial charge >= 0.3 is 12.1 Å². The first-order valence-corrected chi connectivity index (χ1v) is 12.4. The Hall–Kier alpha value is -2.40. The molecule has 2 amide bonds. The van der Waals surface area contributed by atoms with Crippen molar-refractivity contribution in [1.29, 1.82) is 0 Å². The molecule has 0 fully saturated rings. The van der Waals surface area contributed by atoms with Crippen molar-refractivity contribution >= 4 is 48.8 Å². The number of amides is 2. The first-order valence-electron chi connectivity index (χ1n) is 10.1. The number of rotatable bonds is 5. The third kappa shape index (κ3) is 6.35. The van der Waals surface area contributed by atoms with E-state index in [0.29, 0.717) is 15.6 Å². The fourth-order valence-corrected chi connectivity index (χ4v) is 5.96. The minimum absolute atomic E-state index is 0.0731. The van der Waals surface area contributed by atoms with Gasteiger partial charge in [-0.15, -0.1) is 0 Å². The standard InChI is InChI=1S/C22H29BrN2O7S/c1-21(2,3)25-18(26)12-17(33(25,29)30)14-9-8-13(10-15(14)23)11-16(19(27)31-7)24-20(28)32-22(4,5)6/h8-10,12,16H,11H2,1-7H3,(H,24,28)/t16-/m0/s1. The quantitative estimate of drug-likeness (QED) is 0.564. The predicted octanol–water partition coefficient (Wildman–Crippen LogP) is 3.37. The molecule has 0 radical (unpaired) electrons. The smallest absolute Gasteiger partial charge is 0.408 e. The summed E-state index contributed by atoms with van der Waals surface area (Å²) < 4.78 is 37.3. The van der Waals surface area contributed by atoms with Crippen LogP contribution in [0, 0.1) is 0 Å². The fourth-order valence-electron chi connectivity index (χ4n) is 3.28. The summed E-state index contributed by atoms with van der Waals surface area (Å²) in [4.78, 5) is 36.6. The third-order valence-electron chi connectivity index (χ3n) is 4.50. The van der Waals surface area contributed by atoms with Crippen molar-refractivity contribution in [3.63, 3.8) is 0 Å². The van der Waals surface area contributed by atoms with E-state index in [1.807, 2.05) is 0 Å². The number of nitrogens with zero attached hydrogens (tertiary/aromatic N) is 1. The van der Waals surface area contributed by atoms with Crippen LogP contribution < -0.4 is 5.32 Å². The number of hydrogen-bond donors (Lipinski definition) is 1. The summed E-state index contributed by atoms with van der Waals surface area (Å²) >= 11 is 3.37. The maximum absolute atomic E-state index is 13.0. The molecule has 11 heteroatoms. The highest BCUT2D eigenvalue weighted by atomic mass is 79.9. The van der Waals surface area contributed by atoms with Crippen LogP contribution in [0.4, 0.5) is 4.79 Å². The van der Waals surface area contributed by atoms with Gasteiger partial charge in [0, 0.05) is 22.5 Å². The van der Waals surface area contributed by atoms with E-state index in [0.717, 1.165) is 10.4 Å². The number of hydrogen-bond acceptors (Lipinski definition) is 7. The number of sulfonamides is 1. The molecule has 1 aliphatic heterocycles. The molecule has 0 aliphatic carbocycles. The molecule has 0 unspecified atom stereocenters. The van der Waals surface area contributed by atoms with Gasteiger partial charge in [0.2, 0.25) is 0 Å². The number of alkyl carbamates (subject to hydrolysis) is 1. The molecule has 0 spiro atoms. The predicted molar refractivity (Wildman–Crippen MR) is 127 cm³/mol.